The minimum absolute atomic E-state index is 0.207. The highest BCUT2D eigenvalue weighted by Crippen LogP contribution is 2.37. The SMILES string of the molecule is CCOc1cc(/C=N/NC(=O)Cn2cc([N+](=O)[O-])cn2)cc(Br)c1OCc1ccc(F)cc1. The van der Waals surface area contributed by atoms with Gasteiger partial charge in [0.2, 0.25) is 0 Å². The fourth-order valence-electron chi connectivity index (χ4n) is 2.70. The van der Waals surface area contributed by atoms with E-state index in [2.05, 4.69) is 31.6 Å². The molecule has 0 aliphatic heterocycles. The summed E-state index contributed by atoms with van der Waals surface area (Å²) in [6.45, 7) is 2.22. The molecule has 0 spiro atoms. The number of carbonyl (C=O) groups excluding carboxylic acids is 1. The third-order valence-corrected chi connectivity index (χ3v) is 4.76. The van der Waals surface area contributed by atoms with E-state index in [0.717, 1.165) is 22.6 Å². The molecule has 0 unspecified atom stereocenters. The number of aromatic nitrogens is 2. The number of halogens is 2. The smallest absolute Gasteiger partial charge is 0.307 e. The van der Waals surface area contributed by atoms with Gasteiger partial charge < -0.3 is 9.47 Å². The average molecular weight is 520 g/mol. The van der Waals surface area contributed by atoms with Crippen LogP contribution in [0.1, 0.15) is 18.1 Å². The van der Waals surface area contributed by atoms with Gasteiger partial charge in [-0.3, -0.25) is 19.6 Å². The van der Waals surface area contributed by atoms with Crippen molar-refractivity contribution in [3.8, 4) is 11.5 Å². The van der Waals surface area contributed by atoms with E-state index in [1.807, 2.05) is 6.92 Å². The van der Waals surface area contributed by atoms with Gasteiger partial charge in [-0.2, -0.15) is 10.2 Å². The zero-order chi connectivity index (χ0) is 23.8. The predicted octanol–water partition coefficient (Wildman–Crippen LogP) is 3.82. The molecular formula is C21H19BrFN5O5. The summed E-state index contributed by atoms with van der Waals surface area (Å²) in [7, 11) is 0. The van der Waals surface area contributed by atoms with Crippen molar-refractivity contribution < 1.29 is 23.6 Å². The third-order valence-electron chi connectivity index (χ3n) is 4.17. The first-order chi connectivity index (χ1) is 15.9. The van der Waals surface area contributed by atoms with Crippen molar-refractivity contribution in [2.45, 2.75) is 20.1 Å². The van der Waals surface area contributed by atoms with Gasteiger partial charge >= 0.3 is 5.69 Å². The number of hydrazone groups is 1. The van der Waals surface area contributed by atoms with Gasteiger partial charge in [0, 0.05) is 0 Å². The zero-order valence-electron chi connectivity index (χ0n) is 17.4. The van der Waals surface area contributed by atoms with Gasteiger partial charge in [0.05, 0.1) is 22.2 Å². The van der Waals surface area contributed by atoms with Crippen LogP contribution in [0.4, 0.5) is 10.1 Å². The highest BCUT2D eigenvalue weighted by atomic mass is 79.9. The van der Waals surface area contributed by atoms with Crippen LogP contribution in [0.3, 0.4) is 0 Å². The Hall–Kier alpha value is -3.80. The number of nitro groups is 1. The molecule has 1 heterocycles. The normalized spacial score (nSPS) is 10.9. The van der Waals surface area contributed by atoms with Crippen molar-refractivity contribution in [1.82, 2.24) is 15.2 Å². The van der Waals surface area contributed by atoms with E-state index in [9.17, 15) is 19.3 Å². The second-order valence-electron chi connectivity index (χ2n) is 6.62. The Kier molecular flexibility index (Phi) is 8.08. The second-order valence-corrected chi connectivity index (χ2v) is 7.48. The van der Waals surface area contributed by atoms with Gasteiger partial charge in [-0.05, 0) is 58.2 Å². The van der Waals surface area contributed by atoms with Gasteiger partial charge in [-0.25, -0.2) is 9.82 Å². The van der Waals surface area contributed by atoms with Crippen molar-refractivity contribution in [1.29, 1.82) is 0 Å². The van der Waals surface area contributed by atoms with Crippen LogP contribution >= 0.6 is 15.9 Å². The summed E-state index contributed by atoms with van der Waals surface area (Å²) >= 11 is 3.45. The van der Waals surface area contributed by atoms with Crippen LogP contribution in [0.2, 0.25) is 0 Å². The van der Waals surface area contributed by atoms with Crippen molar-refractivity contribution in [2.75, 3.05) is 6.61 Å². The lowest BCUT2D eigenvalue weighted by Crippen LogP contribution is -2.23. The first-order valence-corrected chi connectivity index (χ1v) is 10.5. The van der Waals surface area contributed by atoms with Gasteiger partial charge in [-0.1, -0.05) is 12.1 Å². The third kappa shape index (κ3) is 6.84. The number of carbonyl (C=O) groups is 1. The van der Waals surface area contributed by atoms with Crippen molar-refractivity contribution in [2.24, 2.45) is 5.10 Å². The lowest BCUT2D eigenvalue weighted by atomic mass is 10.2. The largest absolute Gasteiger partial charge is 0.490 e. The lowest BCUT2D eigenvalue weighted by Gasteiger charge is -2.14. The Morgan fingerprint density at radius 2 is 2.09 bits per heavy atom. The number of nitrogens with zero attached hydrogens (tertiary/aromatic N) is 4. The Morgan fingerprint density at radius 1 is 1.33 bits per heavy atom. The van der Waals surface area contributed by atoms with E-state index < -0.39 is 10.8 Å². The van der Waals surface area contributed by atoms with Crippen molar-refractivity contribution in [3.05, 3.63) is 80.3 Å². The molecule has 3 rings (SSSR count). The second kappa shape index (κ2) is 11.2. The predicted molar refractivity (Wildman–Crippen MR) is 121 cm³/mol. The molecule has 0 saturated heterocycles. The van der Waals surface area contributed by atoms with Crippen molar-refractivity contribution in [3.63, 3.8) is 0 Å². The molecule has 3 aromatic rings. The van der Waals surface area contributed by atoms with Crippen LogP contribution in [0.5, 0.6) is 11.5 Å². The molecule has 0 saturated carbocycles. The minimum atomic E-state index is -0.597. The van der Waals surface area contributed by atoms with E-state index in [4.69, 9.17) is 9.47 Å². The molecule has 1 amide bonds. The summed E-state index contributed by atoms with van der Waals surface area (Å²) in [5.41, 5.74) is 3.54. The minimum Gasteiger partial charge on any atom is -0.490 e. The molecule has 0 atom stereocenters. The van der Waals surface area contributed by atoms with Crippen LogP contribution < -0.4 is 14.9 Å². The molecule has 0 aliphatic rings. The highest BCUT2D eigenvalue weighted by Gasteiger charge is 2.13. The molecule has 0 bridgehead atoms. The zero-order valence-corrected chi connectivity index (χ0v) is 19.0. The quantitative estimate of drug-likeness (QED) is 0.247. The van der Waals surface area contributed by atoms with Crippen LogP contribution in [-0.2, 0) is 17.9 Å². The maximum Gasteiger partial charge on any atom is 0.307 e. The first-order valence-electron chi connectivity index (χ1n) is 9.68. The number of hydrogen-bond acceptors (Lipinski definition) is 7. The Morgan fingerprint density at radius 3 is 2.76 bits per heavy atom. The molecule has 0 aliphatic carbocycles. The first kappa shape index (κ1) is 23.9. The number of ether oxygens (including phenoxy) is 2. The lowest BCUT2D eigenvalue weighted by molar-refractivity contribution is -0.385. The summed E-state index contributed by atoms with van der Waals surface area (Å²) < 4.78 is 26.3. The average Bonchev–Trinajstić information content (AvgIpc) is 3.23. The molecule has 0 fully saturated rings. The molecule has 1 N–H and O–H groups in total. The molecule has 0 radical (unpaired) electrons. The molecule has 10 nitrogen and oxygen atoms in total. The van der Waals surface area contributed by atoms with E-state index in [1.165, 1.54) is 18.3 Å². The van der Waals surface area contributed by atoms with E-state index >= 15 is 0 Å². The van der Waals surface area contributed by atoms with Gasteiger partial charge in [0.1, 0.15) is 31.4 Å². The molecule has 2 aromatic carbocycles. The monoisotopic (exact) mass is 519 g/mol. The Bertz CT molecular complexity index is 1170. The summed E-state index contributed by atoms with van der Waals surface area (Å²) in [5.74, 6) is 0.109. The van der Waals surface area contributed by atoms with Crippen LogP contribution in [0.15, 0.2) is 58.4 Å². The molecular weight excluding hydrogens is 501 g/mol. The molecule has 172 valence electrons. The fourth-order valence-corrected chi connectivity index (χ4v) is 3.27. The maximum absolute atomic E-state index is 13.1. The van der Waals surface area contributed by atoms with Gasteiger partial charge in [-0.15, -0.1) is 0 Å². The summed E-state index contributed by atoms with van der Waals surface area (Å²) in [5, 5.41) is 18.3. The van der Waals surface area contributed by atoms with Gasteiger partial charge in [0.15, 0.2) is 11.5 Å². The van der Waals surface area contributed by atoms with Crippen molar-refractivity contribution >= 4 is 33.7 Å². The Labute approximate surface area is 196 Å². The fraction of sp³-hybridized carbons (Fsp3) is 0.190. The van der Waals surface area contributed by atoms with Gasteiger partial charge in [0.25, 0.3) is 5.91 Å². The topological polar surface area (TPSA) is 121 Å². The van der Waals surface area contributed by atoms with Crippen LogP contribution in [0.25, 0.3) is 0 Å². The molecule has 12 heteroatoms. The molecule has 1 aromatic heterocycles. The Balaban J connectivity index is 1.64. The number of nitrogens with one attached hydrogen (secondary N) is 1. The maximum atomic E-state index is 13.1. The van der Waals surface area contributed by atoms with E-state index in [1.54, 1.807) is 24.3 Å². The standard InChI is InChI=1S/C21H19BrFN5O5/c1-2-32-19-8-15(7-18(22)21(19)33-13-14-3-5-16(23)6-4-14)9-24-26-20(29)12-27-11-17(10-25-27)28(30)31/h3-11H,2,12-13H2,1H3,(H,26,29)/b24-9+. The number of rotatable bonds is 10. The summed E-state index contributed by atoms with van der Waals surface area (Å²) in [6, 6.07) is 9.41. The summed E-state index contributed by atoms with van der Waals surface area (Å²) in [4.78, 5) is 22.1. The summed E-state index contributed by atoms with van der Waals surface area (Å²) in [6.07, 6.45) is 3.63. The number of amides is 1. The van der Waals surface area contributed by atoms with E-state index in [0.29, 0.717) is 28.1 Å². The number of hydrogen-bond donors (Lipinski definition) is 1. The molecule has 33 heavy (non-hydrogen) atoms. The van der Waals surface area contributed by atoms with Crippen LogP contribution in [0, 0.1) is 15.9 Å². The highest BCUT2D eigenvalue weighted by molar-refractivity contribution is 9.10. The number of benzene rings is 2. The van der Waals surface area contributed by atoms with E-state index in [-0.39, 0.29) is 24.7 Å². The van der Waals surface area contributed by atoms with Crippen LogP contribution in [-0.4, -0.2) is 33.4 Å².